The van der Waals surface area contributed by atoms with Crippen molar-refractivity contribution >= 4 is 5.69 Å². The third kappa shape index (κ3) is 2.96. The Morgan fingerprint density at radius 3 is 2.95 bits per heavy atom. The van der Waals surface area contributed by atoms with Crippen molar-refractivity contribution in [3.8, 4) is 0 Å². The number of pyridine rings is 1. The van der Waals surface area contributed by atoms with Gasteiger partial charge in [0.1, 0.15) is 0 Å². The van der Waals surface area contributed by atoms with E-state index in [4.69, 9.17) is 4.74 Å². The molecule has 0 amide bonds. The molecular formula is C16H25N3O. The van der Waals surface area contributed by atoms with Gasteiger partial charge in [0.15, 0.2) is 0 Å². The standard InChI is InChI=1S/C16H25N3O/c1-12-8-15(19-6-7-20-11-16(19,2)3)13(9-17-12)10-18-14-4-5-14/h8-9,14,18H,4-7,10-11H2,1-3H3. The molecule has 1 aliphatic heterocycles. The molecule has 0 unspecified atom stereocenters. The Kier molecular flexibility index (Phi) is 3.69. The number of nitrogens with one attached hydrogen (secondary N) is 1. The van der Waals surface area contributed by atoms with Crippen molar-refractivity contribution in [1.82, 2.24) is 10.3 Å². The molecule has 1 saturated carbocycles. The molecule has 110 valence electrons. The van der Waals surface area contributed by atoms with E-state index in [-0.39, 0.29) is 5.54 Å². The highest BCUT2D eigenvalue weighted by molar-refractivity contribution is 5.56. The van der Waals surface area contributed by atoms with Crippen molar-refractivity contribution in [3.05, 3.63) is 23.5 Å². The highest BCUT2D eigenvalue weighted by Crippen LogP contribution is 2.31. The van der Waals surface area contributed by atoms with E-state index in [9.17, 15) is 0 Å². The van der Waals surface area contributed by atoms with Crippen molar-refractivity contribution in [1.29, 1.82) is 0 Å². The normalized spacial score (nSPS) is 22.1. The van der Waals surface area contributed by atoms with Gasteiger partial charge in [-0.3, -0.25) is 4.98 Å². The maximum atomic E-state index is 5.64. The van der Waals surface area contributed by atoms with Crippen LogP contribution < -0.4 is 10.2 Å². The topological polar surface area (TPSA) is 37.4 Å². The Morgan fingerprint density at radius 1 is 1.45 bits per heavy atom. The molecule has 0 spiro atoms. The van der Waals surface area contributed by atoms with Crippen LogP contribution in [0.15, 0.2) is 12.3 Å². The largest absolute Gasteiger partial charge is 0.377 e. The second-order valence-corrected chi connectivity index (χ2v) is 6.63. The van der Waals surface area contributed by atoms with Gasteiger partial charge in [0.25, 0.3) is 0 Å². The lowest BCUT2D eigenvalue weighted by Crippen LogP contribution is -2.53. The van der Waals surface area contributed by atoms with Crippen LogP contribution in [0.4, 0.5) is 5.69 Å². The van der Waals surface area contributed by atoms with E-state index < -0.39 is 0 Å². The van der Waals surface area contributed by atoms with Crippen LogP contribution in [0.3, 0.4) is 0 Å². The van der Waals surface area contributed by atoms with Gasteiger partial charge in [-0.05, 0) is 39.7 Å². The average Bonchev–Trinajstić information content (AvgIpc) is 3.21. The summed E-state index contributed by atoms with van der Waals surface area (Å²) in [5.74, 6) is 0. The van der Waals surface area contributed by atoms with Gasteiger partial charge in [0, 0.05) is 42.3 Å². The minimum atomic E-state index is 0.0420. The first-order valence-corrected chi connectivity index (χ1v) is 7.60. The zero-order valence-electron chi connectivity index (χ0n) is 12.8. The zero-order valence-corrected chi connectivity index (χ0v) is 12.8. The fraction of sp³-hybridized carbons (Fsp3) is 0.688. The van der Waals surface area contributed by atoms with Crippen LogP contribution in [-0.2, 0) is 11.3 Å². The first-order chi connectivity index (χ1) is 9.56. The monoisotopic (exact) mass is 275 g/mol. The molecule has 2 heterocycles. The Hall–Kier alpha value is -1.13. The van der Waals surface area contributed by atoms with Gasteiger partial charge in [0.05, 0.1) is 18.8 Å². The van der Waals surface area contributed by atoms with E-state index in [1.54, 1.807) is 0 Å². The Bertz CT molecular complexity index is 483. The van der Waals surface area contributed by atoms with Gasteiger partial charge in [0.2, 0.25) is 0 Å². The van der Waals surface area contributed by atoms with Crippen molar-refractivity contribution in [3.63, 3.8) is 0 Å². The van der Waals surface area contributed by atoms with Crippen LogP contribution in [0.5, 0.6) is 0 Å². The summed E-state index contributed by atoms with van der Waals surface area (Å²) in [6.45, 7) is 10.0. The van der Waals surface area contributed by atoms with E-state index in [0.717, 1.165) is 38.0 Å². The molecular weight excluding hydrogens is 250 g/mol. The number of aryl methyl sites for hydroxylation is 1. The smallest absolute Gasteiger partial charge is 0.0694 e. The average molecular weight is 275 g/mol. The molecule has 2 aliphatic rings. The fourth-order valence-corrected chi connectivity index (χ4v) is 2.81. The van der Waals surface area contributed by atoms with Crippen LogP contribution in [0, 0.1) is 6.92 Å². The zero-order chi connectivity index (χ0) is 14.2. The van der Waals surface area contributed by atoms with Gasteiger partial charge in [-0.15, -0.1) is 0 Å². The van der Waals surface area contributed by atoms with E-state index >= 15 is 0 Å². The summed E-state index contributed by atoms with van der Waals surface area (Å²) < 4.78 is 5.64. The number of anilines is 1. The number of nitrogens with zero attached hydrogens (tertiary/aromatic N) is 2. The molecule has 1 aliphatic carbocycles. The van der Waals surface area contributed by atoms with Crippen molar-refractivity contribution in [2.75, 3.05) is 24.7 Å². The lowest BCUT2D eigenvalue weighted by Gasteiger charge is -2.44. The molecule has 1 N–H and O–H groups in total. The van der Waals surface area contributed by atoms with E-state index in [1.165, 1.54) is 24.1 Å². The Morgan fingerprint density at radius 2 is 2.25 bits per heavy atom. The maximum absolute atomic E-state index is 5.64. The molecule has 1 aromatic rings. The van der Waals surface area contributed by atoms with Crippen LogP contribution in [-0.4, -0.2) is 36.3 Å². The Balaban J connectivity index is 1.86. The predicted octanol–water partition coefficient (Wildman–Crippen LogP) is 2.26. The van der Waals surface area contributed by atoms with Crippen LogP contribution in [0.2, 0.25) is 0 Å². The van der Waals surface area contributed by atoms with Gasteiger partial charge in [-0.2, -0.15) is 0 Å². The molecule has 0 aromatic carbocycles. The summed E-state index contributed by atoms with van der Waals surface area (Å²) in [5.41, 5.74) is 3.74. The molecule has 2 fully saturated rings. The quantitative estimate of drug-likeness (QED) is 0.914. The number of hydrogen-bond acceptors (Lipinski definition) is 4. The molecule has 0 atom stereocenters. The van der Waals surface area contributed by atoms with E-state index in [0.29, 0.717) is 0 Å². The number of aromatic nitrogens is 1. The minimum Gasteiger partial charge on any atom is -0.377 e. The third-order valence-electron chi connectivity index (χ3n) is 4.19. The lowest BCUT2D eigenvalue weighted by molar-refractivity contribution is 0.0643. The van der Waals surface area contributed by atoms with Gasteiger partial charge < -0.3 is 15.0 Å². The number of morpholine rings is 1. The SMILES string of the molecule is Cc1cc(N2CCOCC2(C)C)c(CNC2CC2)cn1. The van der Waals surface area contributed by atoms with Gasteiger partial charge >= 0.3 is 0 Å². The summed E-state index contributed by atoms with van der Waals surface area (Å²) in [6.07, 6.45) is 4.67. The molecule has 1 saturated heterocycles. The molecule has 4 nitrogen and oxygen atoms in total. The first kappa shape index (κ1) is 13.8. The minimum absolute atomic E-state index is 0.0420. The van der Waals surface area contributed by atoms with Crippen molar-refractivity contribution in [2.45, 2.75) is 51.7 Å². The van der Waals surface area contributed by atoms with E-state index in [2.05, 4.69) is 42.0 Å². The summed E-state index contributed by atoms with van der Waals surface area (Å²) in [6, 6.07) is 2.94. The van der Waals surface area contributed by atoms with Gasteiger partial charge in [-0.1, -0.05) is 0 Å². The first-order valence-electron chi connectivity index (χ1n) is 7.60. The Labute approximate surface area is 121 Å². The van der Waals surface area contributed by atoms with Gasteiger partial charge in [-0.25, -0.2) is 0 Å². The van der Waals surface area contributed by atoms with Crippen molar-refractivity contribution in [2.24, 2.45) is 0 Å². The summed E-state index contributed by atoms with van der Waals surface area (Å²) in [7, 11) is 0. The second-order valence-electron chi connectivity index (χ2n) is 6.63. The third-order valence-corrected chi connectivity index (χ3v) is 4.19. The fourth-order valence-electron chi connectivity index (χ4n) is 2.81. The summed E-state index contributed by atoms with van der Waals surface area (Å²) in [4.78, 5) is 6.96. The van der Waals surface area contributed by atoms with Crippen molar-refractivity contribution < 1.29 is 4.74 Å². The molecule has 0 radical (unpaired) electrons. The van der Waals surface area contributed by atoms with E-state index in [1.807, 2.05) is 6.20 Å². The lowest BCUT2D eigenvalue weighted by atomic mass is 10.00. The number of hydrogen-bond donors (Lipinski definition) is 1. The number of rotatable bonds is 4. The molecule has 20 heavy (non-hydrogen) atoms. The summed E-state index contributed by atoms with van der Waals surface area (Å²) >= 11 is 0. The summed E-state index contributed by atoms with van der Waals surface area (Å²) in [5, 5.41) is 3.60. The second kappa shape index (κ2) is 5.34. The van der Waals surface area contributed by atoms with Crippen LogP contribution in [0.1, 0.15) is 37.9 Å². The molecule has 0 bridgehead atoms. The van der Waals surface area contributed by atoms with Crippen LogP contribution in [0.25, 0.3) is 0 Å². The molecule has 1 aromatic heterocycles. The highest BCUT2D eigenvalue weighted by Gasteiger charge is 2.32. The highest BCUT2D eigenvalue weighted by atomic mass is 16.5. The van der Waals surface area contributed by atoms with Crippen LogP contribution >= 0.6 is 0 Å². The predicted molar refractivity (Wildman–Crippen MR) is 81.1 cm³/mol. The number of ether oxygens (including phenoxy) is 1. The maximum Gasteiger partial charge on any atom is 0.0694 e. The molecule has 4 heteroatoms. The molecule has 3 rings (SSSR count).